The van der Waals surface area contributed by atoms with Crippen molar-refractivity contribution in [3.05, 3.63) is 101 Å². The normalized spacial score (nSPS) is 12.7. The van der Waals surface area contributed by atoms with Crippen molar-refractivity contribution in [3.63, 3.8) is 0 Å². The smallest absolute Gasteiger partial charge is 0.261 e. The number of carbonyl (C=O) groups is 2. The fourth-order valence-corrected chi connectivity index (χ4v) is 3.05. The fourth-order valence-electron chi connectivity index (χ4n) is 3.05. The lowest BCUT2D eigenvalue weighted by Gasteiger charge is -2.23. The van der Waals surface area contributed by atoms with Gasteiger partial charge >= 0.3 is 0 Å². The van der Waals surface area contributed by atoms with E-state index in [-0.39, 0.29) is 17.7 Å². The number of Topliss-reactive ketones (excluding diaryl/α,β-unsaturated/α-hetero) is 1. The maximum atomic E-state index is 12.9. The molecule has 29 heavy (non-hydrogen) atoms. The van der Waals surface area contributed by atoms with E-state index in [1.54, 1.807) is 31.2 Å². The first-order chi connectivity index (χ1) is 13.9. The molecule has 0 radical (unpaired) electrons. The van der Waals surface area contributed by atoms with E-state index in [1.165, 1.54) is 6.92 Å². The summed E-state index contributed by atoms with van der Waals surface area (Å²) >= 11 is 0. The second-order valence-corrected chi connectivity index (χ2v) is 7.10. The summed E-state index contributed by atoms with van der Waals surface area (Å²) in [6.45, 7) is 5.26. The molecule has 0 aromatic heterocycles. The van der Waals surface area contributed by atoms with Crippen molar-refractivity contribution in [1.82, 2.24) is 5.32 Å². The average molecular weight is 387 g/mol. The van der Waals surface area contributed by atoms with Gasteiger partial charge in [0, 0.05) is 5.56 Å². The fraction of sp³-hybridized carbons (Fsp3) is 0.200. The van der Waals surface area contributed by atoms with Crippen LogP contribution in [0.15, 0.2) is 78.9 Å². The lowest BCUT2D eigenvalue weighted by molar-refractivity contribution is -0.127. The first kappa shape index (κ1) is 20.3. The predicted molar refractivity (Wildman–Crippen MR) is 114 cm³/mol. The van der Waals surface area contributed by atoms with Crippen LogP contribution in [0.5, 0.6) is 5.75 Å². The van der Waals surface area contributed by atoms with E-state index < -0.39 is 6.10 Å². The molecule has 0 aliphatic heterocycles. The molecule has 0 aliphatic carbocycles. The maximum Gasteiger partial charge on any atom is 0.261 e. The molecule has 0 spiro atoms. The molecule has 1 N–H and O–H groups in total. The highest BCUT2D eigenvalue weighted by molar-refractivity contribution is 5.94. The molecule has 3 aromatic rings. The summed E-state index contributed by atoms with van der Waals surface area (Å²) < 4.78 is 5.78. The Balaban J connectivity index is 1.75. The highest BCUT2D eigenvalue weighted by Gasteiger charge is 2.21. The summed E-state index contributed by atoms with van der Waals surface area (Å²) in [7, 11) is 0. The summed E-state index contributed by atoms with van der Waals surface area (Å²) in [6.07, 6.45) is -0.685. The van der Waals surface area contributed by atoms with Crippen molar-refractivity contribution in [2.45, 2.75) is 32.9 Å². The summed E-state index contributed by atoms with van der Waals surface area (Å²) in [5.41, 5.74) is 3.78. The first-order valence-corrected chi connectivity index (χ1v) is 9.63. The molecule has 0 fully saturated rings. The summed E-state index contributed by atoms with van der Waals surface area (Å²) in [6, 6.07) is 24.5. The molecular formula is C25H25NO3. The van der Waals surface area contributed by atoms with E-state index in [1.807, 2.05) is 61.5 Å². The van der Waals surface area contributed by atoms with Crippen LogP contribution in [-0.2, 0) is 4.79 Å². The molecule has 148 valence electrons. The van der Waals surface area contributed by atoms with Gasteiger partial charge in [0.25, 0.3) is 5.91 Å². The number of hydrogen-bond donors (Lipinski definition) is 1. The largest absolute Gasteiger partial charge is 0.481 e. The molecule has 0 saturated heterocycles. The third-order valence-corrected chi connectivity index (χ3v) is 4.77. The van der Waals surface area contributed by atoms with Gasteiger partial charge in [-0.05, 0) is 56.2 Å². The molecule has 4 heteroatoms. The second kappa shape index (κ2) is 9.20. The number of amides is 1. The lowest BCUT2D eigenvalue weighted by atomic mass is 9.97. The topological polar surface area (TPSA) is 55.4 Å². The van der Waals surface area contributed by atoms with Gasteiger partial charge in [-0.15, -0.1) is 0 Å². The predicted octanol–water partition coefficient (Wildman–Crippen LogP) is 4.87. The molecule has 2 atom stereocenters. The van der Waals surface area contributed by atoms with Crippen LogP contribution in [-0.4, -0.2) is 17.8 Å². The Bertz CT molecular complexity index is 963. The van der Waals surface area contributed by atoms with Gasteiger partial charge in [0.2, 0.25) is 0 Å². The number of rotatable bonds is 7. The highest BCUT2D eigenvalue weighted by atomic mass is 16.5. The average Bonchev–Trinajstić information content (AvgIpc) is 2.73. The van der Waals surface area contributed by atoms with Crippen molar-refractivity contribution in [3.8, 4) is 5.75 Å². The Labute approximate surface area is 171 Å². The van der Waals surface area contributed by atoms with Crippen LogP contribution >= 0.6 is 0 Å². The minimum atomic E-state index is -0.685. The molecule has 0 unspecified atom stereocenters. The zero-order valence-electron chi connectivity index (χ0n) is 16.9. The Kier molecular flexibility index (Phi) is 6.45. The number of nitrogens with one attached hydrogen (secondary N) is 1. The molecule has 4 nitrogen and oxygen atoms in total. The Morgan fingerprint density at radius 2 is 1.41 bits per heavy atom. The number of ether oxygens (including phenoxy) is 1. The van der Waals surface area contributed by atoms with Crippen molar-refractivity contribution in [1.29, 1.82) is 0 Å². The number of benzene rings is 3. The van der Waals surface area contributed by atoms with Gasteiger partial charge in [-0.1, -0.05) is 60.2 Å². The summed E-state index contributed by atoms with van der Waals surface area (Å²) in [5, 5.41) is 3.10. The van der Waals surface area contributed by atoms with Gasteiger partial charge < -0.3 is 10.1 Å². The third kappa shape index (κ3) is 5.32. The van der Waals surface area contributed by atoms with Crippen LogP contribution in [0.25, 0.3) is 0 Å². The minimum absolute atomic E-state index is 0.00820. The van der Waals surface area contributed by atoms with Crippen molar-refractivity contribution in [2.24, 2.45) is 0 Å². The third-order valence-electron chi connectivity index (χ3n) is 4.77. The van der Waals surface area contributed by atoms with Crippen molar-refractivity contribution in [2.75, 3.05) is 0 Å². The number of aryl methyl sites for hydroxylation is 1. The van der Waals surface area contributed by atoms with Gasteiger partial charge in [0.15, 0.2) is 11.9 Å². The van der Waals surface area contributed by atoms with E-state index in [0.717, 1.165) is 16.7 Å². The zero-order valence-corrected chi connectivity index (χ0v) is 16.9. The van der Waals surface area contributed by atoms with Gasteiger partial charge in [0.05, 0.1) is 6.04 Å². The van der Waals surface area contributed by atoms with Gasteiger partial charge in [-0.2, -0.15) is 0 Å². The summed E-state index contributed by atoms with van der Waals surface area (Å²) in [5.74, 6) is 0.325. The summed E-state index contributed by atoms with van der Waals surface area (Å²) in [4.78, 5) is 24.3. The lowest BCUT2D eigenvalue weighted by Crippen LogP contribution is -2.39. The molecular weight excluding hydrogens is 362 g/mol. The zero-order chi connectivity index (χ0) is 20.8. The maximum absolute atomic E-state index is 12.9. The first-order valence-electron chi connectivity index (χ1n) is 9.63. The Morgan fingerprint density at radius 1 is 0.828 bits per heavy atom. The van der Waals surface area contributed by atoms with Gasteiger partial charge in [0.1, 0.15) is 5.75 Å². The molecule has 0 aliphatic rings. The highest BCUT2D eigenvalue weighted by Crippen LogP contribution is 2.23. The Hall–Kier alpha value is -3.40. The van der Waals surface area contributed by atoms with E-state index in [9.17, 15) is 9.59 Å². The van der Waals surface area contributed by atoms with Crippen LogP contribution < -0.4 is 10.1 Å². The van der Waals surface area contributed by atoms with E-state index in [4.69, 9.17) is 4.74 Å². The second-order valence-electron chi connectivity index (χ2n) is 7.10. The van der Waals surface area contributed by atoms with Crippen LogP contribution in [0.4, 0.5) is 0 Å². The quantitative estimate of drug-likeness (QED) is 0.589. The molecule has 0 heterocycles. The van der Waals surface area contributed by atoms with Crippen LogP contribution in [0.1, 0.15) is 46.9 Å². The van der Waals surface area contributed by atoms with Crippen molar-refractivity contribution < 1.29 is 14.3 Å². The number of carbonyl (C=O) groups excluding carboxylic acids is 2. The van der Waals surface area contributed by atoms with Gasteiger partial charge in [-0.25, -0.2) is 0 Å². The monoisotopic (exact) mass is 387 g/mol. The molecule has 3 rings (SSSR count). The van der Waals surface area contributed by atoms with Crippen LogP contribution in [0.3, 0.4) is 0 Å². The standard InChI is InChI=1S/C25H25NO3/c1-17-9-11-22(12-10-17)24(21-7-5-4-6-8-21)26-25(28)19(3)29-23-15-13-20(14-16-23)18(2)27/h4-16,19,24H,1-3H3,(H,26,28)/t19-,24-/m1/s1. The van der Waals surface area contributed by atoms with Gasteiger partial charge in [-0.3, -0.25) is 9.59 Å². The minimum Gasteiger partial charge on any atom is -0.481 e. The van der Waals surface area contributed by atoms with Crippen molar-refractivity contribution >= 4 is 11.7 Å². The number of hydrogen-bond acceptors (Lipinski definition) is 3. The molecule has 0 saturated carbocycles. The van der Waals surface area contributed by atoms with E-state index in [2.05, 4.69) is 5.32 Å². The molecule has 1 amide bonds. The van der Waals surface area contributed by atoms with E-state index in [0.29, 0.717) is 11.3 Å². The van der Waals surface area contributed by atoms with E-state index >= 15 is 0 Å². The van der Waals surface area contributed by atoms with Crippen LogP contribution in [0.2, 0.25) is 0 Å². The molecule has 0 bridgehead atoms. The molecule has 3 aromatic carbocycles. The number of ketones is 1. The Morgan fingerprint density at radius 3 is 2.00 bits per heavy atom. The SMILES string of the molecule is CC(=O)c1ccc(O[C@H](C)C(=O)N[C@H](c2ccccc2)c2ccc(C)cc2)cc1. The van der Waals surface area contributed by atoms with Crippen LogP contribution in [0, 0.1) is 6.92 Å².